The van der Waals surface area contributed by atoms with Crippen LogP contribution in [-0.2, 0) is 22.6 Å². The summed E-state index contributed by atoms with van der Waals surface area (Å²) in [5, 5.41) is 7.16. The predicted octanol–water partition coefficient (Wildman–Crippen LogP) is 3.60. The lowest BCUT2D eigenvalue weighted by molar-refractivity contribution is -0.129. The number of hydrogen-bond donors (Lipinski definition) is 2. The van der Waals surface area contributed by atoms with Crippen molar-refractivity contribution in [2.75, 3.05) is 18.6 Å². The van der Waals surface area contributed by atoms with Crippen molar-refractivity contribution in [3.05, 3.63) is 65.9 Å². The third-order valence-corrected chi connectivity index (χ3v) is 6.42. The first-order valence-corrected chi connectivity index (χ1v) is 11.9. The molecule has 0 aliphatic carbocycles. The second-order valence-corrected chi connectivity index (χ2v) is 8.49. The first-order valence-electron chi connectivity index (χ1n) is 11.9. The molecular formula is C27H32N4O3. The van der Waals surface area contributed by atoms with Crippen molar-refractivity contribution in [1.29, 1.82) is 0 Å². The summed E-state index contributed by atoms with van der Waals surface area (Å²) in [6.45, 7) is 4.94. The molecule has 0 saturated heterocycles. The Bertz CT molecular complexity index is 1180. The molecule has 1 aliphatic heterocycles. The Kier molecular flexibility index (Phi) is 7.43. The van der Waals surface area contributed by atoms with Gasteiger partial charge in [-0.2, -0.15) is 0 Å². The molecule has 2 amide bonds. The molecule has 1 aromatic heterocycles. The second-order valence-electron chi connectivity index (χ2n) is 8.49. The number of hydrogen-bond acceptors (Lipinski definition) is 5. The fourth-order valence-electron chi connectivity index (χ4n) is 4.63. The van der Waals surface area contributed by atoms with E-state index in [9.17, 15) is 9.59 Å². The summed E-state index contributed by atoms with van der Waals surface area (Å²) in [4.78, 5) is 33.1. The first kappa shape index (κ1) is 23.7. The summed E-state index contributed by atoms with van der Waals surface area (Å²) in [5.74, 6) is 0.375. The van der Waals surface area contributed by atoms with E-state index in [1.807, 2.05) is 56.3 Å². The summed E-state index contributed by atoms with van der Waals surface area (Å²) < 4.78 is 5.64. The number of carbonyl (C=O) groups excluding carboxylic acids is 2. The molecule has 2 N–H and O–H groups in total. The number of pyridine rings is 1. The van der Waals surface area contributed by atoms with Crippen LogP contribution in [0.3, 0.4) is 0 Å². The minimum absolute atomic E-state index is 0.118. The Labute approximate surface area is 200 Å². The van der Waals surface area contributed by atoms with Crippen molar-refractivity contribution in [3.63, 3.8) is 0 Å². The molecule has 0 fully saturated rings. The van der Waals surface area contributed by atoms with Crippen LogP contribution in [0.4, 0.5) is 5.69 Å². The van der Waals surface area contributed by atoms with Gasteiger partial charge < -0.3 is 20.3 Å². The van der Waals surface area contributed by atoms with Gasteiger partial charge in [0, 0.05) is 16.6 Å². The molecule has 178 valence electrons. The summed E-state index contributed by atoms with van der Waals surface area (Å²) in [6, 6.07) is 14.9. The van der Waals surface area contributed by atoms with Crippen LogP contribution in [0.2, 0.25) is 0 Å². The summed E-state index contributed by atoms with van der Waals surface area (Å²) >= 11 is 0. The Morgan fingerprint density at radius 1 is 1.18 bits per heavy atom. The lowest BCUT2D eigenvalue weighted by Gasteiger charge is -2.28. The number of rotatable bonds is 8. The van der Waals surface area contributed by atoms with Gasteiger partial charge in [-0.15, -0.1) is 0 Å². The van der Waals surface area contributed by atoms with E-state index in [1.54, 1.807) is 18.2 Å². The number of aromatic nitrogens is 1. The van der Waals surface area contributed by atoms with E-state index in [-0.39, 0.29) is 17.9 Å². The van der Waals surface area contributed by atoms with Gasteiger partial charge in [-0.05, 0) is 43.5 Å². The normalized spacial score (nSPS) is 16.6. The lowest BCUT2D eigenvalue weighted by atomic mass is 10.1. The number of carbonyl (C=O) groups is 2. The number of nitrogens with zero attached hydrogens (tertiary/aromatic N) is 2. The molecule has 0 spiro atoms. The van der Waals surface area contributed by atoms with Crippen molar-refractivity contribution in [2.24, 2.45) is 0 Å². The van der Waals surface area contributed by atoms with Gasteiger partial charge >= 0.3 is 0 Å². The zero-order valence-electron chi connectivity index (χ0n) is 20.0. The monoisotopic (exact) mass is 460 g/mol. The summed E-state index contributed by atoms with van der Waals surface area (Å²) in [7, 11) is 1.61. The summed E-state index contributed by atoms with van der Waals surface area (Å²) in [5.41, 5.74) is 3.69. The van der Waals surface area contributed by atoms with Crippen LogP contribution in [0.15, 0.2) is 54.7 Å². The molecule has 0 saturated carbocycles. The zero-order valence-corrected chi connectivity index (χ0v) is 20.0. The molecule has 7 heteroatoms. The van der Waals surface area contributed by atoms with Crippen molar-refractivity contribution >= 4 is 28.4 Å². The first-order chi connectivity index (χ1) is 16.6. The van der Waals surface area contributed by atoms with Crippen LogP contribution < -0.4 is 20.3 Å². The third kappa shape index (κ3) is 4.75. The fourth-order valence-corrected chi connectivity index (χ4v) is 4.63. The van der Waals surface area contributed by atoms with E-state index in [1.165, 1.54) is 0 Å². The zero-order chi connectivity index (χ0) is 24.1. The van der Waals surface area contributed by atoms with Gasteiger partial charge in [0.1, 0.15) is 11.8 Å². The van der Waals surface area contributed by atoms with Crippen LogP contribution in [0.25, 0.3) is 10.9 Å². The number of ether oxygens (including phenoxy) is 1. The van der Waals surface area contributed by atoms with Crippen LogP contribution >= 0.6 is 0 Å². The molecule has 0 radical (unpaired) electrons. The van der Waals surface area contributed by atoms with Gasteiger partial charge in [0.05, 0.1) is 31.4 Å². The fraction of sp³-hybridized carbons (Fsp3) is 0.370. The predicted molar refractivity (Wildman–Crippen MR) is 134 cm³/mol. The molecule has 2 aromatic carbocycles. The lowest BCUT2D eigenvalue weighted by Crippen LogP contribution is -2.53. The molecule has 3 aromatic rings. The second kappa shape index (κ2) is 10.7. The van der Waals surface area contributed by atoms with Crippen molar-refractivity contribution < 1.29 is 14.3 Å². The van der Waals surface area contributed by atoms with Crippen molar-refractivity contribution in [3.8, 4) is 5.75 Å². The Hall–Kier alpha value is -3.45. The van der Waals surface area contributed by atoms with Gasteiger partial charge in [0.15, 0.2) is 0 Å². The smallest absolute Gasteiger partial charge is 0.249 e. The Morgan fingerprint density at radius 2 is 1.94 bits per heavy atom. The van der Waals surface area contributed by atoms with E-state index in [2.05, 4.69) is 21.7 Å². The highest BCUT2D eigenvalue weighted by Crippen LogP contribution is 2.33. The molecule has 0 bridgehead atoms. The average molecular weight is 461 g/mol. The third-order valence-electron chi connectivity index (χ3n) is 6.42. The highest BCUT2D eigenvalue weighted by molar-refractivity contribution is 6.01. The molecule has 1 unspecified atom stereocenters. The van der Waals surface area contributed by atoms with Gasteiger partial charge in [-0.1, -0.05) is 50.2 Å². The van der Waals surface area contributed by atoms with E-state index < -0.39 is 6.04 Å². The van der Waals surface area contributed by atoms with Gasteiger partial charge in [0.25, 0.3) is 0 Å². The minimum Gasteiger partial charge on any atom is -0.495 e. The van der Waals surface area contributed by atoms with E-state index in [0.29, 0.717) is 38.1 Å². The van der Waals surface area contributed by atoms with Crippen LogP contribution in [0, 0.1) is 0 Å². The van der Waals surface area contributed by atoms with Crippen LogP contribution in [0.5, 0.6) is 5.75 Å². The highest BCUT2D eigenvalue weighted by Gasteiger charge is 2.33. The number of anilines is 1. The largest absolute Gasteiger partial charge is 0.495 e. The number of likely N-dealkylation sites (N-methyl/N-ethyl adjacent to an activating group) is 1. The van der Waals surface area contributed by atoms with Gasteiger partial charge in [0.2, 0.25) is 11.8 Å². The number of amides is 2. The maximum absolute atomic E-state index is 13.9. The summed E-state index contributed by atoms with van der Waals surface area (Å²) in [6.07, 6.45) is 3.61. The highest BCUT2D eigenvalue weighted by atomic mass is 16.5. The number of benzene rings is 2. The van der Waals surface area contributed by atoms with E-state index in [4.69, 9.17) is 4.74 Å². The SMILES string of the molecule is CCN[C@@H](CC)C(=O)NC1CCc2ccccc2N(Cc2c(OC)cnc3ccccc23)C1=O. The van der Waals surface area contributed by atoms with Crippen LogP contribution in [-0.4, -0.2) is 42.5 Å². The topological polar surface area (TPSA) is 83.6 Å². The molecule has 4 rings (SSSR count). The maximum atomic E-state index is 13.9. The Morgan fingerprint density at radius 3 is 2.71 bits per heavy atom. The molecule has 1 aliphatic rings. The van der Waals surface area contributed by atoms with E-state index >= 15 is 0 Å². The number of fused-ring (bicyclic) bond motifs is 2. The molecular weight excluding hydrogens is 428 g/mol. The minimum atomic E-state index is -0.605. The van der Waals surface area contributed by atoms with Crippen molar-refractivity contribution in [2.45, 2.75) is 51.7 Å². The maximum Gasteiger partial charge on any atom is 0.249 e. The number of para-hydroxylation sites is 2. The molecule has 34 heavy (non-hydrogen) atoms. The number of nitrogens with one attached hydrogen (secondary N) is 2. The Balaban J connectivity index is 1.72. The molecule has 2 atom stereocenters. The van der Waals surface area contributed by atoms with Gasteiger partial charge in [-0.3, -0.25) is 14.6 Å². The van der Waals surface area contributed by atoms with E-state index in [0.717, 1.165) is 27.7 Å². The molecule has 2 heterocycles. The standard InChI is InChI=1S/C27H32N4O3/c1-4-21(28-5-2)26(32)30-23-15-14-18-10-6-9-13-24(18)31(27(23)33)17-20-19-11-7-8-12-22(19)29-16-25(20)34-3/h6-13,16,21,23,28H,4-5,14-15,17H2,1-3H3,(H,30,32)/t21-,23?/m0/s1. The quantitative estimate of drug-likeness (QED) is 0.537. The van der Waals surface area contributed by atoms with Crippen LogP contribution in [0.1, 0.15) is 37.8 Å². The van der Waals surface area contributed by atoms with Crippen molar-refractivity contribution in [1.82, 2.24) is 15.6 Å². The average Bonchev–Trinajstić information content (AvgIpc) is 2.99. The van der Waals surface area contributed by atoms with Gasteiger partial charge in [-0.25, -0.2) is 0 Å². The molecule has 7 nitrogen and oxygen atoms in total. The number of aryl methyl sites for hydroxylation is 1. The number of methoxy groups -OCH3 is 1.